The van der Waals surface area contributed by atoms with Crippen molar-refractivity contribution >= 4 is 36.3 Å². The van der Waals surface area contributed by atoms with Crippen molar-refractivity contribution < 1.29 is 23.7 Å². The first kappa shape index (κ1) is 31.3. The summed E-state index contributed by atoms with van der Waals surface area (Å²) in [4.78, 5) is 30.4. The van der Waals surface area contributed by atoms with E-state index in [2.05, 4.69) is 51.5 Å². The van der Waals surface area contributed by atoms with Crippen LogP contribution >= 0.6 is 30.4 Å². The minimum absolute atomic E-state index is 0.108. The van der Waals surface area contributed by atoms with E-state index in [1.807, 2.05) is 24.3 Å². The second-order valence-electron chi connectivity index (χ2n) is 8.86. The molecule has 1 rings (SSSR count). The van der Waals surface area contributed by atoms with Crippen LogP contribution in [-0.4, -0.2) is 28.3 Å². The molecular weight excluding hydrogens is 564 g/mol. The molecule has 194 valence electrons. The van der Waals surface area contributed by atoms with Crippen LogP contribution < -0.4 is 5.32 Å². The van der Waals surface area contributed by atoms with Gasteiger partial charge >= 0.3 is 7.82 Å². The third-order valence-electron chi connectivity index (χ3n) is 5.62. The number of phosphoric acid groups is 1. The number of nitrogens with one attached hydrogen (secondary N) is 1. The average Bonchev–Trinajstić information content (AvgIpc) is 2.78. The molecule has 0 aliphatic carbocycles. The first-order valence-corrected chi connectivity index (χ1v) is 15.3. The summed E-state index contributed by atoms with van der Waals surface area (Å²) in [5.74, 6) is -0.108. The summed E-state index contributed by atoms with van der Waals surface area (Å²) >= 11 is 2.22. The fourth-order valence-electron chi connectivity index (χ4n) is 3.72. The Morgan fingerprint density at radius 1 is 0.971 bits per heavy atom. The van der Waals surface area contributed by atoms with E-state index in [4.69, 9.17) is 9.79 Å². The summed E-state index contributed by atoms with van der Waals surface area (Å²) in [7, 11) is -4.59. The number of unbranched alkanes of at least 4 members (excludes halogenated alkanes) is 10. The van der Waals surface area contributed by atoms with Crippen molar-refractivity contribution in [3.63, 3.8) is 0 Å². The van der Waals surface area contributed by atoms with Gasteiger partial charge < -0.3 is 15.1 Å². The van der Waals surface area contributed by atoms with Crippen LogP contribution in [0.3, 0.4) is 0 Å². The van der Waals surface area contributed by atoms with E-state index in [-0.39, 0.29) is 12.5 Å². The number of carbonyl (C=O) groups excluding carboxylic acids is 1. The van der Waals surface area contributed by atoms with E-state index in [0.29, 0.717) is 12.8 Å². The molecule has 3 N–H and O–H groups in total. The van der Waals surface area contributed by atoms with Gasteiger partial charge in [0.1, 0.15) is 0 Å². The molecule has 6 nitrogen and oxygen atoms in total. The van der Waals surface area contributed by atoms with E-state index in [0.717, 1.165) is 41.2 Å². The zero-order valence-electron chi connectivity index (χ0n) is 20.6. The number of hydrogen-bond donors (Lipinski definition) is 3. The van der Waals surface area contributed by atoms with E-state index < -0.39 is 13.9 Å². The van der Waals surface area contributed by atoms with Crippen LogP contribution in [0.2, 0.25) is 0 Å². The molecule has 0 fully saturated rings. The van der Waals surface area contributed by atoms with Crippen LogP contribution in [0.15, 0.2) is 36.4 Å². The van der Waals surface area contributed by atoms with Crippen LogP contribution in [0.25, 0.3) is 0 Å². The Morgan fingerprint density at radius 3 is 2.12 bits per heavy atom. The van der Waals surface area contributed by atoms with Gasteiger partial charge in [0.2, 0.25) is 5.91 Å². The predicted octanol–water partition coefficient (Wildman–Crippen LogP) is 7.08. The quantitative estimate of drug-likeness (QED) is 0.0638. The number of halogens is 1. The molecule has 0 spiro atoms. The zero-order valence-corrected chi connectivity index (χ0v) is 23.6. The second-order valence-corrected chi connectivity index (χ2v) is 11.3. The standard InChI is InChI=1S/C26H43INO5P/c1-2-3-4-5-6-7-8-9-10-11-12-13-14-15-16-26(29)28-25(22-33-34(30,31)32)21-23-17-19-24(27)20-18-23/h9-10,17-20,25H,2-8,11-16,21-22H2,1H3,(H,28,29)(H2,30,31,32)/b10-9-/t25-/m0/s1. The minimum Gasteiger partial charge on any atom is -0.351 e. The smallest absolute Gasteiger partial charge is 0.351 e. The number of rotatable bonds is 20. The number of amides is 1. The monoisotopic (exact) mass is 607 g/mol. The van der Waals surface area contributed by atoms with Crippen molar-refractivity contribution in [2.75, 3.05) is 6.61 Å². The molecule has 0 saturated carbocycles. The van der Waals surface area contributed by atoms with Crippen molar-refractivity contribution in [3.8, 4) is 0 Å². The maximum absolute atomic E-state index is 12.4. The Balaban J connectivity index is 2.19. The fraction of sp³-hybridized carbons (Fsp3) is 0.654. The summed E-state index contributed by atoms with van der Waals surface area (Å²) in [6.07, 6.45) is 19.8. The van der Waals surface area contributed by atoms with Gasteiger partial charge in [-0.1, -0.05) is 76.2 Å². The van der Waals surface area contributed by atoms with Crippen molar-refractivity contribution in [2.24, 2.45) is 0 Å². The second kappa shape index (κ2) is 19.5. The molecule has 0 bridgehead atoms. The maximum Gasteiger partial charge on any atom is 0.469 e. The normalized spacial score (nSPS) is 12.8. The molecule has 0 heterocycles. The van der Waals surface area contributed by atoms with E-state index >= 15 is 0 Å². The highest BCUT2D eigenvalue weighted by Gasteiger charge is 2.20. The van der Waals surface area contributed by atoms with Gasteiger partial charge in [-0.2, -0.15) is 0 Å². The molecule has 1 amide bonds. The van der Waals surface area contributed by atoms with Crippen molar-refractivity contribution in [1.82, 2.24) is 5.32 Å². The zero-order chi connectivity index (χ0) is 25.1. The first-order chi connectivity index (χ1) is 16.3. The van der Waals surface area contributed by atoms with Crippen LogP contribution in [0.4, 0.5) is 0 Å². The predicted molar refractivity (Wildman–Crippen MR) is 148 cm³/mol. The third-order valence-corrected chi connectivity index (χ3v) is 6.82. The van der Waals surface area contributed by atoms with Gasteiger partial charge in [-0.3, -0.25) is 9.32 Å². The van der Waals surface area contributed by atoms with Crippen molar-refractivity contribution in [3.05, 3.63) is 45.6 Å². The van der Waals surface area contributed by atoms with E-state index in [1.165, 1.54) is 44.9 Å². The van der Waals surface area contributed by atoms with Gasteiger partial charge in [0.15, 0.2) is 0 Å². The first-order valence-electron chi connectivity index (χ1n) is 12.7. The molecule has 0 aliphatic rings. The molecular formula is C26H43INO5P. The Bertz CT molecular complexity index is 735. The minimum atomic E-state index is -4.59. The summed E-state index contributed by atoms with van der Waals surface area (Å²) in [6, 6.07) is 7.32. The Kier molecular flexibility index (Phi) is 17.9. The molecule has 8 heteroatoms. The lowest BCUT2D eigenvalue weighted by Crippen LogP contribution is -2.39. The average molecular weight is 608 g/mol. The van der Waals surface area contributed by atoms with Gasteiger partial charge in [0.25, 0.3) is 0 Å². The van der Waals surface area contributed by atoms with Crippen LogP contribution in [-0.2, 0) is 20.3 Å². The molecule has 1 aromatic carbocycles. The van der Waals surface area contributed by atoms with Gasteiger partial charge in [-0.05, 0) is 78.8 Å². The molecule has 1 aromatic rings. The number of carbonyl (C=O) groups is 1. The molecule has 1 atom stereocenters. The van der Waals surface area contributed by atoms with Gasteiger partial charge in [-0.25, -0.2) is 4.57 Å². The molecule has 0 aliphatic heterocycles. The van der Waals surface area contributed by atoms with Gasteiger partial charge in [0.05, 0.1) is 12.6 Å². The highest BCUT2D eigenvalue weighted by molar-refractivity contribution is 14.1. The highest BCUT2D eigenvalue weighted by Crippen LogP contribution is 2.35. The maximum atomic E-state index is 12.4. The van der Waals surface area contributed by atoms with E-state index in [1.54, 1.807) is 0 Å². The number of benzene rings is 1. The molecule has 0 saturated heterocycles. The van der Waals surface area contributed by atoms with Crippen molar-refractivity contribution in [1.29, 1.82) is 0 Å². The van der Waals surface area contributed by atoms with Crippen LogP contribution in [0, 0.1) is 3.57 Å². The number of hydrogen-bond acceptors (Lipinski definition) is 3. The molecule has 0 unspecified atom stereocenters. The third kappa shape index (κ3) is 18.6. The Labute approximate surface area is 219 Å². The Morgan fingerprint density at radius 2 is 1.53 bits per heavy atom. The van der Waals surface area contributed by atoms with Crippen LogP contribution in [0.5, 0.6) is 0 Å². The molecule has 34 heavy (non-hydrogen) atoms. The summed E-state index contributed by atoms with van der Waals surface area (Å²) in [5, 5.41) is 2.88. The molecule has 0 aromatic heterocycles. The number of phosphoric ester groups is 1. The lowest BCUT2D eigenvalue weighted by atomic mass is 10.1. The largest absolute Gasteiger partial charge is 0.469 e. The highest BCUT2D eigenvalue weighted by atomic mass is 127. The van der Waals surface area contributed by atoms with Crippen molar-refractivity contribution in [2.45, 2.75) is 103 Å². The fourth-order valence-corrected chi connectivity index (χ4v) is 4.46. The topological polar surface area (TPSA) is 95.9 Å². The number of allylic oxidation sites excluding steroid dienone is 2. The SMILES string of the molecule is CCCCCCCC/C=C\CCCCCCC(=O)N[C@H](COP(=O)(O)O)Cc1ccc(I)cc1. The van der Waals surface area contributed by atoms with Gasteiger partial charge in [-0.15, -0.1) is 0 Å². The summed E-state index contributed by atoms with van der Waals surface area (Å²) in [6.45, 7) is 2.02. The summed E-state index contributed by atoms with van der Waals surface area (Å²) < 4.78 is 16.8. The van der Waals surface area contributed by atoms with E-state index in [9.17, 15) is 9.36 Å². The lowest BCUT2D eigenvalue weighted by molar-refractivity contribution is -0.122. The lowest BCUT2D eigenvalue weighted by Gasteiger charge is -2.19. The van der Waals surface area contributed by atoms with Crippen LogP contribution in [0.1, 0.15) is 96.0 Å². The summed E-state index contributed by atoms with van der Waals surface area (Å²) in [5.41, 5.74) is 0.976. The Hall–Kier alpha value is -0.730. The molecule has 0 radical (unpaired) electrons. The van der Waals surface area contributed by atoms with Gasteiger partial charge in [0, 0.05) is 9.99 Å².